The van der Waals surface area contributed by atoms with Crippen LogP contribution in [0.3, 0.4) is 0 Å². The summed E-state index contributed by atoms with van der Waals surface area (Å²) >= 11 is 0. The Morgan fingerprint density at radius 2 is 0.763 bits per heavy atom. The highest BCUT2D eigenvalue weighted by atomic mass is 32.2. The van der Waals surface area contributed by atoms with Crippen molar-refractivity contribution in [3.63, 3.8) is 0 Å². The van der Waals surface area contributed by atoms with E-state index in [1.165, 1.54) is 173 Å². The van der Waals surface area contributed by atoms with Gasteiger partial charge in [-0.05, 0) is 70.6 Å². The molecule has 0 heterocycles. The lowest BCUT2D eigenvalue weighted by molar-refractivity contribution is -0.157. The lowest BCUT2D eigenvalue weighted by Crippen LogP contribution is -2.32. The third-order valence-corrected chi connectivity index (χ3v) is 13.6. The van der Waals surface area contributed by atoms with Gasteiger partial charge in [-0.3, -0.25) is 13.8 Å². The summed E-state index contributed by atoms with van der Waals surface area (Å²) in [7, 11) is -1.15. The average Bonchev–Trinajstić information content (AvgIpc) is 3.23. The highest BCUT2D eigenvalue weighted by Crippen LogP contribution is 2.17. The monoisotopic (exact) mass is 849 g/mol. The van der Waals surface area contributed by atoms with Gasteiger partial charge in [0.05, 0.1) is 5.75 Å². The minimum atomic E-state index is -1.15. The van der Waals surface area contributed by atoms with E-state index in [0.717, 1.165) is 64.2 Å². The van der Waals surface area contributed by atoms with Gasteiger partial charge in [-0.15, -0.1) is 0 Å². The van der Waals surface area contributed by atoms with E-state index < -0.39 is 16.9 Å². The molecule has 0 aliphatic heterocycles. The summed E-state index contributed by atoms with van der Waals surface area (Å²) in [6.45, 7) is 8.84. The van der Waals surface area contributed by atoms with Crippen molar-refractivity contribution >= 4 is 22.7 Å². The predicted octanol–water partition coefficient (Wildman–Crippen LogP) is 17.0. The van der Waals surface area contributed by atoms with Gasteiger partial charge in [0.1, 0.15) is 12.7 Å². The first-order valence-corrected chi connectivity index (χ1v) is 27.3. The molecule has 0 amide bonds. The van der Waals surface area contributed by atoms with Crippen LogP contribution in [0.4, 0.5) is 0 Å². The molecule has 0 radical (unpaired) electrons. The molecule has 0 saturated heterocycles. The van der Waals surface area contributed by atoms with Crippen LogP contribution in [0.5, 0.6) is 0 Å². The molecule has 5 nitrogen and oxygen atoms in total. The van der Waals surface area contributed by atoms with Crippen LogP contribution in [0.15, 0.2) is 24.3 Å². The number of carbonyl (C=O) groups excluding carboxylic acids is 2. The molecule has 0 aliphatic rings. The number of rotatable bonds is 47. The maximum absolute atomic E-state index is 13.4. The fraction of sp³-hybridized carbons (Fsp3) is 0.887. The zero-order valence-corrected chi connectivity index (χ0v) is 40.7. The summed E-state index contributed by atoms with van der Waals surface area (Å²) in [5, 5.41) is 0.0298. The molecule has 0 bridgehead atoms. The highest BCUT2D eigenvalue weighted by molar-refractivity contribution is 7.85. The molecule has 0 spiro atoms. The molecule has 3 atom stereocenters. The number of ether oxygens (including phenoxy) is 2. The molecule has 348 valence electrons. The van der Waals surface area contributed by atoms with Gasteiger partial charge < -0.3 is 9.47 Å². The van der Waals surface area contributed by atoms with Crippen LogP contribution in [-0.4, -0.2) is 39.9 Å². The van der Waals surface area contributed by atoms with Gasteiger partial charge in [-0.2, -0.15) is 0 Å². The summed E-state index contributed by atoms with van der Waals surface area (Å²) in [5.74, 6) is -0.275. The second-order valence-electron chi connectivity index (χ2n) is 17.8. The normalized spacial score (nSPS) is 13.4. The smallest absolute Gasteiger partial charge is 0.306 e. The Morgan fingerprint density at radius 1 is 0.441 bits per heavy atom. The molecule has 59 heavy (non-hydrogen) atoms. The Kier molecular flexibility index (Phi) is 46.5. The average molecular weight is 849 g/mol. The van der Waals surface area contributed by atoms with Crippen LogP contribution in [0, 0.1) is 0 Å². The van der Waals surface area contributed by atoms with E-state index in [2.05, 4.69) is 45.1 Å². The van der Waals surface area contributed by atoms with Crippen LogP contribution in [0.25, 0.3) is 0 Å². The second-order valence-corrected chi connectivity index (χ2v) is 19.7. The van der Waals surface area contributed by atoms with Crippen LogP contribution in [0.1, 0.15) is 278 Å². The van der Waals surface area contributed by atoms with Gasteiger partial charge in [0.25, 0.3) is 0 Å². The zero-order valence-electron chi connectivity index (χ0n) is 39.9. The van der Waals surface area contributed by atoms with E-state index in [1.807, 2.05) is 6.92 Å². The maximum Gasteiger partial charge on any atom is 0.306 e. The van der Waals surface area contributed by atoms with Crippen LogP contribution in [-0.2, 0) is 29.9 Å². The van der Waals surface area contributed by atoms with Crippen molar-refractivity contribution in [2.24, 2.45) is 0 Å². The Bertz CT molecular complexity index is 977. The third-order valence-electron chi connectivity index (χ3n) is 11.8. The summed E-state index contributed by atoms with van der Waals surface area (Å²) in [6.07, 6.45) is 54.8. The van der Waals surface area contributed by atoms with Gasteiger partial charge in [0.15, 0.2) is 0 Å². The zero-order chi connectivity index (χ0) is 43.1. The molecule has 6 heteroatoms. The van der Waals surface area contributed by atoms with Gasteiger partial charge in [0.2, 0.25) is 0 Å². The van der Waals surface area contributed by atoms with E-state index in [0.29, 0.717) is 12.8 Å². The van der Waals surface area contributed by atoms with E-state index >= 15 is 0 Å². The fourth-order valence-electron chi connectivity index (χ4n) is 7.70. The minimum absolute atomic E-state index is 0.00125. The highest BCUT2D eigenvalue weighted by Gasteiger charge is 2.23. The number of carbonyl (C=O) groups is 2. The minimum Gasteiger partial charge on any atom is -0.462 e. The number of hydrogen-bond donors (Lipinski definition) is 0. The quantitative estimate of drug-likeness (QED) is 0.0347. The molecule has 0 aliphatic carbocycles. The summed E-state index contributed by atoms with van der Waals surface area (Å²) < 4.78 is 24.9. The first-order valence-electron chi connectivity index (χ1n) is 26.0. The van der Waals surface area contributed by atoms with Gasteiger partial charge in [0, 0.05) is 28.9 Å². The van der Waals surface area contributed by atoms with E-state index in [1.54, 1.807) is 0 Å². The van der Waals surface area contributed by atoms with Crippen LogP contribution < -0.4 is 0 Å². The van der Waals surface area contributed by atoms with Crippen molar-refractivity contribution in [3.05, 3.63) is 24.3 Å². The largest absolute Gasteiger partial charge is 0.462 e. The number of esters is 2. The van der Waals surface area contributed by atoms with Crippen molar-refractivity contribution in [2.75, 3.05) is 12.4 Å². The number of unbranched alkanes of at least 4 members (excludes halogenated alkanes) is 31. The van der Waals surface area contributed by atoms with Gasteiger partial charge >= 0.3 is 11.9 Å². The third kappa shape index (κ3) is 44.4. The Morgan fingerprint density at radius 3 is 1.15 bits per heavy atom. The maximum atomic E-state index is 13.4. The molecular weight excluding hydrogens is 749 g/mol. The first-order chi connectivity index (χ1) is 28.9. The Labute approximate surface area is 370 Å². The number of hydrogen-bond acceptors (Lipinski definition) is 5. The lowest BCUT2D eigenvalue weighted by atomic mass is 10.1. The molecule has 3 unspecified atom stereocenters. The number of allylic oxidation sites excluding steroid dienone is 4. The molecule has 0 fully saturated rings. The van der Waals surface area contributed by atoms with Crippen molar-refractivity contribution in [1.82, 2.24) is 0 Å². The van der Waals surface area contributed by atoms with Gasteiger partial charge in [-0.25, -0.2) is 0 Å². The standard InChI is InChI=1S/C53H100O5S/c1-5-8-11-14-17-20-23-25-27-29-31-34-37-40-43-46-52(54)57-48-51(49-59(56)50(4)45-42-39-36-33-22-19-16-13-10-7-3)58-53(55)47-44-41-38-35-32-30-28-26-24-21-18-15-12-9-6-2/h25-28,50-51H,5-24,29-49H2,1-4H3/b27-25-,28-26-. The van der Waals surface area contributed by atoms with E-state index in [4.69, 9.17) is 9.47 Å². The molecule has 0 aromatic heterocycles. The SMILES string of the molecule is CCCCCCCC/C=C\CCCCCCCC(=O)OCC(CS(=O)C(C)CCCCCCCCCCCC)OC(=O)CCCCCCC/C=C\CCCCCCCC. The Balaban J connectivity index is 4.47. The summed E-state index contributed by atoms with van der Waals surface area (Å²) in [4.78, 5) is 25.6. The first kappa shape index (κ1) is 57.6. The Hall–Kier alpha value is -1.43. The van der Waals surface area contributed by atoms with Crippen LogP contribution >= 0.6 is 0 Å². The molecule has 0 aromatic carbocycles. The van der Waals surface area contributed by atoms with Crippen molar-refractivity contribution < 1.29 is 23.3 Å². The van der Waals surface area contributed by atoms with Crippen molar-refractivity contribution in [1.29, 1.82) is 0 Å². The fourth-order valence-corrected chi connectivity index (χ4v) is 8.99. The molecule has 0 N–H and O–H groups in total. The topological polar surface area (TPSA) is 69.7 Å². The van der Waals surface area contributed by atoms with Gasteiger partial charge in [-0.1, -0.05) is 219 Å². The van der Waals surface area contributed by atoms with Crippen molar-refractivity contribution in [2.45, 2.75) is 289 Å². The van der Waals surface area contributed by atoms with E-state index in [-0.39, 0.29) is 29.5 Å². The van der Waals surface area contributed by atoms with Crippen molar-refractivity contribution in [3.8, 4) is 0 Å². The second kappa shape index (κ2) is 47.6. The molecule has 0 rings (SSSR count). The van der Waals surface area contributed by atoms with E-state index in [9.17, 15) is 13.8 Å². The summed E-state index contributed by atoms with van der Waals surface area (Å²) in [5.41, 5.74) is 0. The molecular formula is C53H100O5S. The lowest BCUT2D eigenvalue weighted by Gasteiger charge is -2.20. The molecule has 0 aromatic rings. The summed E-state index contributed by atoms with van der Waals surface area (Å²) in [6, 6.07) is 0. The van der Waals surface area contributed by atoms with Crippen LogP contribution in [0.2, 0.25) is 0 Å². The predicted molar refractivity (Wildman–Crippen MR) is 259 cm³/mol. The molecule has 0 saturated carbocycles.